The van der Waals surface area contributed by atoms with Gasteiger partial charge in [-0.3, -0.25) is 4.79 Å². The minimum Gasteiger partial charge on any atom is -0.483 e. The SMILES string of the molecule is CC1(C)C=Cc2cc(C(N)=O)ccc2O1. The molecule has 0 spiro atoms. The number of rotatable bonds is 1. The molecule has 0 atom stereocenters. The number of benzene rings is 1. The van der Waals surface area contributed by atoms with Crippen molar-refractivity contribution in [2.75, 3.05) is 0 Å². The minimum absolute atomic E-state index is 0.290. The quantitative estimate of drug-likeness (QED) is 0.758. The molecule has 0 aliphatic carbocycles. The maximum absolute atomic E-state index is 11.0. The van der Waals surface area contributed by atoms with Crippen molar-refractivity contribution in [3.8, 4) is 5.75 Å². The molecule has 0 fully saturated rings. The van der Waals surface area contributed by atoms with E-state index in [1.165, 1.54) is 0 Å². The van der Waals surface area contributed by atoms with E-state index in [0.717, 1.165) is 11.3 Å². The molecule has 0 radical (unpaired) electrons. The second-order valence-corrected chi connectivity index (χ2v) is 4.16. The van der Waals surface area contributed by atoms with Crippen LogP contribution in [0.4, 0.5) is 0 Å². The first-order chi connectivity index (χ1) is 6.98. The normalized spacial score (nSPS) is 16.7. The van der Waals surface area contributed by atoms with Crippen molar-refractivity contribution in [2.45, 2.75) is 19.4 Å². The molecule has 15 heavy (non-hydrogen) atoms. The Bertz CT molecular complexity index is 447. The molecule has 3 heteroatoms. The standard InChI is InChI=1S/C12H13NO2/c1-12(2)6-5-8-7-9(11(13)14)3-4-10(8)15-12/h3-7H,1-2H3,(H2,13,14). The molecule has 3 nitrogen and oxygen atoms in total. The largest absolute Gasteiger partial charge is 0.483 e. The molecule has 78 valence electrons. The lowest BCUT2D eigenvalue weighted by molar-refractivity contribution is 0.1000. The number of ether oxygens (including phenoxy) is 1. The molecule has 2 rings (SSSR count). The molecular formula is C12H13NO2. The molecule has 1 aliphatic rings. The third-order valence-corrected chi connectivity index (χ3v) is 2.33. The lowest BCUT2D eigenvalue weighted by Gasteiger charge is -2.27. The van der Waals surface area contributed by atoms with E-state index < -0.39 is 5.91 Å². The number of nitrogens with two attached hydrogens (primary N) is 1. The van der Waals surface area contributed by atoms with Crippen molar-refractivity contribution in [1.29, 1.82) is 0 Å². The van der Waals surface area contributed by atoms with Crippen LogP contribution >= 0.6 is 0 Å². The number of primary amides is 1. The van der Waals surface area contributed by atoms with Crippen LogP contribution in [0.5, 0.6) is 5.75 Å². The first-order valence-corrected chi connectivity index (χ1v) is 4.80. The lowest BCUT2D eigenvalue weighted by Crippen LogP contribution is -2.27. The van der Waals surface area contributed by atoms with E-state index in [0.29, 0.717) is 5.56 Å². The van der Waals surface area contributed by atoms with E-state index in [-0.39, 0.29) is 5.60 Å². The molecule has 1 aromatic carbocycles. The van der Waals surface area contributed by atoms with Gasteiger partial charge in [-0.05, 0) is 38.1 Å². The van der Waals surface area contributed by atoms with Crippen LogP contribution in [-0.2, 0) is 0 Å². The third kappa shape index (κ3) is 1.86. The fourth-order valence-electron chi connectivity index (χ4n) is 1.53. The summed E-state index contributed by atoms with van der Waals surface area (Å²) in [7, 11) is 0. The van der Waals surface area contributed by atoms with E-state index in [4.69, 9.17) is 10.5 Å². The summed E-state index contributed by atoms with van der Waals surface area (Å²) in [6.45, 7) is 3.96. The van der Waals surface area contributed by atoms with E-state index in [1.54, 1.807) is 18.2 Å². The molecule has 0 unspecified atom stereocenters. The van der Waals surface area contributed by atoms with Crippen LogP contribution in [0.3, 0.4) is 0 Å². The van der Waals surface area contributed by atoms with Gasteiger partial charge in [0.25, 0.3) is 0 Å². The Labute approximate surface area is 88.5 Å². The second-order valence-electron chi connectivity index (χ2n) is 4.16. The molecule has 0 saturated carbocycles. The van der Waals surface area contributed by atoms with Gasteiger partial charge in [0.15, 0.2) is 0 Å². The fraction of sp³-hybridized carbons (Fsp3) is 0.250. The van der Waals surface area contributed by atoms with Gasteiger partial charge in [-0.1, -0.05) is 6.08 Å². The van der Waals surface area contributed by atoms with E-state index >= 15 is 0 Å². The predicted octanol–water partition coefficient (Wildman–Crippen LogP) is 1.97. The Morgan fingerprint density at radius 2 is 2.13 bits per heavy atom. The third-order valence-electron chi connectivity index (χ3n) is 2.33. The summed E-state index contributed by atoms with van der Waals surface area (Å²) in [5.74, 6) is 0.364. The predicted molar refractivity (Wildman–Crippen MR) is 58.7 cm³/mol. The van der Waals surface area contributed by atoms with Crippen LogP contribution in [0.25, 0.3) is 6.08 Å². The molecule has 1 aromatic rings. The number of carbonyl (C=O) groups is 1. The van der Waals surface area contributed by atoms with Gasteiger partial charge in [0.1, 0.15) is 11.4 Å². The summed E-state index contributed by atoms with van der Waals surface area (Å²) in [4.78, 5) is 11.0. The van der Waals surface area contributed by atoms with Crippen molar-refractivity contribution in [1.82, 2.24) is 0 Å². The van der Waals surface area contributed by atoms with Gasteiger partial charge in [0.05, 0.1) is 0 Å². The van der Waals surface area contributed by atoms with E-state index in [2.05, 4.69) is 0 Å². The Kier molecular flexibility index (Phi) is 2.03. The highest BCUT2D eigenvalue weighted by Gasteiger charge is 2.21. The number of fused-ring (bicyclic) bond motifs is 1. The van der Waals surface area contributed by atoms with Crippen LogP contribution in [0.2, 0.25) is 0 Å². The van der Waals surface area contributed by atoms with E-state index in [9.17, 15) is 4.79 Å². The molecule has 0 aromatic heterocycles. The Morgan fingerprint density at radius 1 is 1.40 bits per heavy atom. The van der Waals surface area contributed by atoms with Gasteiger partial charge < -0.3 is 10.5 Å². The monoisotopic (exact) mass is 203 g/mol. The van der Waals surface area contributed by atoms with Crippen molar-refractivity contribution >= 4 is 12.0 Å². The van der Waals surface area contributed by atoms with Crippen molar-refractivity contribution in [3.63, 3.8) is 0 Å². The number of hydrogen-bond acceptors (Lipinski definition) is 2. The van der Waals surface area contributed by atoms with Gasteiger partial charge in [0.2, 0.25) is 5.91 Å². The van der Waals surface area contributed by atoms with E-state index in [1.807, 2.05) is 26.0 Å². The lowest BCUT2D eigenvalue weighted by atomic mass is 10.0. The van der Waals surface area contributed by atoms with Gasteiger partial charge in [-0.15, -0.1) is 0 Å². The zero-order valence-electron chi connectivity index (χ0n) is 8.78. The van der Waals surface area contributed by atoms with Gasteiger partial charge in [0, 0.05) is 11.1 Å². The van der Waals surface area contributed by atoms with Crippen molar-refractivity contribution in [3.05, 3.63) is 35.4 Å². The molecule has 2 N–H and O–H groups in total. The Morgan fingerprint density at radius 3 is 2.80 bits per heavy atom. The highest BCUT2D eigenvalue weighted by molar-refractivity contribution is 5.93. The summed E-state index contributed by atoms with van der Waals surface area (Å²) in [5, 5.41) is 0. The van der Waals surface area contributed by atoms with Crippen molar-refractivity contribution < 1.29 is 9.53 Å². The summed E-state index contributed by atoms with van der Waals surface area (Å²) < 4.78 is 5.72. The second kappa shape index (κ2) is 3.12. The fourth-order valence-corrected chi connectivity index (χ4v) is 1.53. The molecular weight excluding hydrogens is 190 g/mol. The smallest absolute Gasteiger partial charge is 0.248 e. The van der Waals surface area contributed by atoms with Crippen LogP contribution < -0.4 is 10.5 Å². The molecule has 1 aliphatic heterocycles. The molecule has 1 amide bonds. The summed E-state index contributed by atoms with van der Waals surface area (Å²) >= 11 is 0. The van der Waals surface area contributed by atoms with Crippen LogP contribution in [0.15, 0.2) is 24.3 Å². The first-order valence-electron chi connectivity index (χ1n) is 4.80. The zero-order chi connectivity index (χ0) is 11.1. The molecule has 0 saturated heterocycles. The van der Waals surface area contributed by atoms with Crippen molar-refractivity contribution in [2.24, 2.45) is 5.73 Å². The Hall–Kier alpha value is -1.77. The van der Waals surface area contributed by atoms with Crippen LogP contribution in [0, 0.1) is 0 Å². The summed E-state index contributed by atoms with van der Waals surface area (Å²) in [5.41, 5.74) is 6.30. The highest BCUT2D eigenvalue weighted by atomic mass is 16.5. The average Bonchev–Trinajstić information content (AvgIpc) is 2.15. The number of amides is 1. The van der Waals surface area contributed by atoms with Gasteiger partial charge in [-0.25, -0.2) is 0 Å². The average molecular weight is 203 g/mol. The molecule has 0 bridgehead atoms. The zero-order valence-corrected chi connectivity index (χ0v) is 8.78. The van der Waals surface area contributed by atoms with Crippen LogP contribution in [-0.4, -0.2) is 11.5 Å². The maximum Gasteiger partial charge on any atom is 0.248 e. The number of hydrogen-bond donors (Lipinski definition) is 1. The maximum atomic E-state index is 11.0. The number of carbonyl (C=O) groups excluding carboxylic acids is 1. The Balaban J connectivity index is 2.45. The highest BCUT2D eigenvalue weighted by Crippen LogP contribution is 2.31. The van der Waals surface area contributed by atoms with Gasteiger partial charge >= 0.3 is 0 Å². The first kappa shape index (κ1) is 9.77. The minimum atomic E-state index is -0.420. The molecule has 1 heterocycles. The summed E-state index contributed by atoms with van der Waals surface area (Å²) in [6, 6.07) is 5.19. The van der Waals surface area contributed by atoms with Gasteiger partial charge in [-0.2, -0.15) is 0 Å². The summed E-state index contributed by atoms with van der Waals surface area (Å²) in [6.07, 6.45) is 3.91. The van der Waals surface area contributed by atoms with Crippen LogP contribution in [0.1, 0.15) is 29.8 Å². The topological polar surface area (TPSA) is 52.3 Å².